The fourth-order valence-electron chi connectivity index (χ4n) is 2.07. The lowest BCUT2D eigenvalue weighted by Crippen LogP contribution is -2.23. The quantitative estimate of drug-likeness (QED) is 0.763. The topological polar surface area (TPSA) is 70.7 Å². The molecule has 5 heteroatoms. The maximum absolute atomic E-state index is 12.1. The Bertz CT molecular complexity index is 730. The van der Waals surface area contributed by atoms with Crippen molar-refractivity contribution in [2.75, 3.05) is 0 Å². The zero-order valence-electron chi connectivity index (χ0n) is 11.1. The lowest BCUT2D eigenvalue weighted by Gasteiger charge is -2.03. The molecular weight excluding hydrogens is 252 g/mol. The molecule has 100 valence electrons. The van der Waals surface area contributed by atoms with Crippen LogP contribution in [-0.2, 0) is 6.54 Å². The number of benzene rings is 1. The zero-order chi connectivity index (χ0) is 13.9. The van der Waals surface area contributed by atoms with E-state index in [1.807, 2.05) is 43.3 Å². The summed E-state index contributed by atoms with van der Waals surface area (Å²) in [5.74, 6) is -0.141. The van der Waals surface area contributed by atoms with Gasteiger partial charge in [0.25, 0.3) is 5.91 Å². The molecule has 1 aromatic carbocycles. The van der Waals surface area contributed by atoms with Crippen molar-refractivity contribution in [3.8, 4) is 0 Å². The van der Waals surface area contributed by atoms with Crippen LogP contribution < -0.4 is 5.32 Å². The molecule has 0 saturated heterocycles. The molecule has 5 nitrogen and oxygen atoms in total. The number of hydrogen-bond acceptors (Lipinski definition) is 3. The van der Waals surface area contributed by atoms with Gasteiger partial charge in [-0.05, 0) is 25.1 Å². The maximum atomic E-state index is 12.1. The minimum atomic E-state index is -0.141. The van der Waals surface area contributed by atoms with Crippen LogP contribution >= 0.6 is 0 Å². The van der Waals surface area contributed by atoms with Crippen LogP contribution in [0.25, 0.3) is 10.9 Å². The Morgan fingerprint density at radius 2 is 2.10 bits per heavy atom. The Morgan fingerprint density at radius 1 is 1.25 bits per heavy atom. The van der Waals surface area contributed by atoms with Crippen LogP contribution in [0, 0.1) is 6.92 Å². The maximum Gasteiger partial charge on any atom is 0.268 e. The first-order valence-electron chi connectivity index (χ1n) is 6.36. The van der Waals surface area contributed by atoms with Crippen molar-refractivity contribution < 1.29 is 4.79 Å². The molecule has 20 heavy (non-hydrogen) atoms. The summed E-state index contributed by atoms with van der Waals surface area (Å²) in [7, 11) is 0. The summed E-state index contributed by atoms with van der Waals surface area (Å²) >= 11 is 0. The van der Waals surface area contributed by atoms with Gasteiger partial charge in [0.2, 0.25) is 0 Å². The fraction of sp³-hybridized carbons (Fsp3) is 0.133. The number of carbonyl (C=O) groups excluding carboxylic acids is 1. The van der Waals surface area contributed by atoms with Gasteiger partial charge in [0.05, 0.1) is 12.2 Å². The smallest absolute Gasteiger partial charge is 0.268 e. The normalized spacial score (nSPS) is 10.7. The van der Waals surface area contributed by atoms with Gasteiger partial charge in [0, 0.05) is 16.6 Å². The highest BCUT2D eigenvalue weighted by Crippen LogP contribution is 2.14. The molecule has 0 aliphatic heterocycles. The van der Waals surface area contributed by atoms with Gasteiger partial charge in [-0.2, -0.15) is 0 Å². The van der Waals surface area contributed by atoms with Gasteiger partial charge in [-0.1, -0.05) is 18.2 Å². The van der Waals surface area contributed by atoms with E-state index < -0.39 is 0 Å². The van der Waals surface area contributed by atoms with Crippen LogP contribution in [0.5, 0.6) is 0 Å². The van der Waals surface area contributed by atoms with Gasteiger partial charge in [-0.3, -0.25) is 4.79 Å². The lowest BCUT2D eigenvalue weighted by molar-refractivity contribution is 0.0946. The molecular formula is C15H14N4O. The summed E-state index contributed by atoms with van der Waals surface area (Å²) in [5, 5.41) is 3.87. The van der Waals surface area contributed by atoms with E-state index in [2.05, 4.69) is 20.3 Å². The fourth-order valence-corrected chi connectivity index (χ4v) is 2.07. The number of aromatic nitrogens is 3. The van der Waals surface area contributed by atoms with Gasteiger partial charge in [-0.25, -0.2) is 9.97 Å². The first kappa shape index (κ1) is 12.3. The van der Waals surface area contributed by atoms with Crippen LogP contribution in [-0.4, -0.2) is 20.9 Å². The number of rotatable bonds is 3. The molecule has 0 saturated carbocycles. The third-order valence-electron chi connectivity index (χ3n) is 3.07. The first-order valence-corrected chi connectivity index (χ1v) is 6.36. The monoisotopic (exact) mass is 266 g/mol. The molecule has 0 radical (unpaired) electrons. The minimum absolute atomic E-state index is 0.141. The predicted octanol–water partition coefficient (Wildman–Crippen LogP) is 2.20. The molecule has 2 aromatic heterocycles. The van der Waals surface area contributed by atoms with E-state index in [4.69, 9.17) is 0 Å². The summed E-state index contributed by atoms with van der Waals surface area (Å²) in [6.07, 6.45) is 1.50. The second kappa shape index (κ2) is 5.13. The molecule has 0 aliphatic rings. The highest BCUT2D eigenvalue weighted by atomic mass is 16.1. The Balaban J connectivity index is 1.73. The van der Waals surface area contributed by atoms with Crippen molar-refractivity contribution in [2.45, 2.75) is 13.5 Å². The van der Waals surface area contributed by atoms with Crippen LogP contribution in [0.4, 0.5) is 0 Å². The van der Waals surface area contributed by atoms with Gasteiger partial charge in [0.15, 0.2) is 0 Å². The second-order valence-corrected chi connectivity index (χ2v) is 4.60. The Labute approximate surface area is 116 Å². The van der Waals surface area contributed by atoms with Crippen molar-refractivity contribution in [3.05, 3.63) is 59.8 Å². The number of para-hydroxylation sites is 1. The van der Waals surface area contributed by atoms with Gasteiger partial charge in [-0.15, -0.1) is 0 Å². The predicted molar refractivity (Wildman–Crippen MR) is 76.2 cm³/mol. The highest BCUT2D eigenvalue weighted by molar-refractivity contribution is 5.97. The average molecular weight is 266 g/mol. The third kappa shape index (κ3) is 2.51. The molecule has 2 heterocycles. The second-order valence-electron chi connectivity index (χ2n) is 4.60. The first-order chi connectivity index (χ1) is 9.72. The van der Waals surface area contributed by atoms with E-state index in [9.17, 15) is 4.79 Å². The van der Waals surface area contributed by atoms with Crippen LogP contribution in [0.1, 0.15) is 21.9 Å². The minimum Gasteiger partial charge on any atom is -0.351 e. The Morgan fingerprint density at radius 3 is 2.90 bits per heavy atom. The lowest BCUT2D eigenvalue weighted by atomic mass is 10.2. The van der Waals surface area contributed by atoms with Crippen LogP contribution in [0.2, 0.25) is 0 Å². The van der Waals surface area contributed by atoms with E-state index >= 15 is 0 Å². The SMILES string of the molecule is Cc1cc(CNC(=O)c2cc3ccccc3[nH]2)ncn1. The summed E-state index contributed by atoms with van der Waals surface area (Å²) in [6, 6.07) is 11.5. The van der Waals surface area contributed by atoms with Crippen molar-refractivity contribution in [2.24, 2.45) is 0 Å². The van der Waals surface area contributed by atoms with E-state index in [1.54, 1.807) is 0 Å². The number of aryl methyl sites for hydroxylation is 1. The van der Waals surface area contributed by atoms with E-state index in [-0.39, 0.29) is 5.91 Å². The number of nitrogens with one attached hydrogen (secondary N) is 2. The van der Waals surface area contributed by atoms with E-state index in [0.717, 1.165) is 22.3 Å². The van der Waals surface area contributed by atoms with Crippen molar-refractivity contribution in [1.29, 1.82) is 0 Å². The molecule has 0 bridgehead atoms. The Kier molecular flexibility index (Phi) is 3.16. The summed E-state index contributed by atoms with van der Waals surface area (Å²) < 4.78 is 0. The molecule has 0 aliphatic carbocycles. The number of fused-ring (bicyclic) bond motifs is 1. The number of H-pyrrole nitrogens is 1. The number of amides is 1. The molecule has 0 unspecified atom stereocenters. The summed E-state index contributed by atoms with van der Waals surface area (Å²) in [4.78, 5) is 23.3. The van der Waals surface area contributed by atoms with Crippen molar-refractivity contribution >= 4 is 16.8 Å². The molecule has 1 amide bonds. The molecule has 0 atom stereocenters. The van der Waals surface area contributed by atoms with Gasteiger partial charge < -0.3 is 10.3 Å². The number of aromatic amines is 1. The Hall–Kier alpha value is -2.69. The average Bonchev–Trinajstić information content (AvgIpc) is 2.89. The zero-order valence-corrected chi connectivity index (χ0v) is 11.1. The molecule has 0 spiro atoms. The van der Waals surface area contributed by atoms with E-state index in [0.29, 0.717) is 12.2 Å². The van der Waals surface area contributed by atoms with E-state index in [1.165, 1.54) is 6.33 Å². The number of nitrogens with zero attached hydrogens (tertiary/aromatic N) is 2. The number of carbonyl (C=O) groups is 1. The molecule has 2 N–H and O–H groups in total. The molecule has 0 fully saturated rings. The van der Waals surface area contributed by atoms with Crippen LogP contribution in [0.3, 0.4) is 0 Å². The summed E-state index contributed by atoms with van der Waals surface area (Å²) in [5.41, 5.74) is 3.18. The summed E-state index contributed by atoms with van der Waals surface area (Å²) in [6.45, 7) is 2.28. The molecule has 3 rings (SSSR count). The van der Waals surface area contributed by atoms with Crippen molar-refractivity contribution in [3.63, 3.8) is 0 Å². The largest absolute Gasteiger partial charge is 0.351 e. The van der Waals surface area contributed by atoms with Gasteiger partial charge in [0.1, 0.15) is 12.0 Å². The van der Waals surface area contributed by atoms with Crippen LogP contribution in [0.15, 0.2) is 42.7 Å². The third-order valence-corrected chi connectivity index (χ3v) is 3.07. The van der Waals surface area contributed by atoms with Gasteiger partial charge >= 0.3 is 0 Å². The standard InChI is InChI=1S/C15H14N4O/c1-10-6-12(18-9-17-10)8-16-15(20)14-7-11-4-2-3-5-13(11)19-14/h2-7,9,19H,8H2,1H3,(H,16,20). The van der Waals surface area contributed by atoms with Crippen molar-refractivity contribution in [1.82, 2.24) is 20.3 Å². The number of hydrogen-bond donors (Lipinski definition) is 2. The highest BCUT2D eigenvalue weighted by Gasteiger charge is 2.09. The molecule has 3 aromatic rings.